The molecule has 115 valence electrons. The molecule has 1 radical (unpaired) electrons. The molecule has 0 aliphatic carbocycles. The van der Waals surface area contributed by atoms with Gasteiger partial charge in [-0.1, -0.05) is 30.3 Å². The van der Waals surface area contributed by atoms with E-state index < -0.39 is 28.1 Å². The van der Waals surface area contributed by atoms with Crippen LogP contribution in [0.25, 0.3) is 0 Å². The molecule has 2 aromatic rings. The predicted molar refractivity (Wildman–Crippen MR) is 73.3 cm³/mol. The predicted octanol–water partition coefficient (Wildman–Crippen LogP) is 4.37. The number of benzene rings is 2. The number of ether oxygens (including phenoxy) is 1. The van der Waals surface area contributed by atoms with Crippen LogP contribution < -0.4 is 4.74 Å². The molecular formula is C15H11F3NO3. The molecule has 0 aromatic heterocycles. The van der Waals surface area contributed by atoms with Crippen molar-refractivity contribution in [2.24, 2.45) is 0 Å². The molecule has 0 amide bonds. The van der Waals surface area contributed by atoms with Gasteiger partial charge in [0.15, 0.2) is 0 Å². The highest BCUT2D eigenvalue weighted by Crippen LogP contribution is 2.40. The Balaban J connectivity index is 2.37. The second kappa shape index (κ2) is 6.05. The normalized spacial score (nSPS) is 11.3. The molecule has 0 saturated heterocycles. The second-order valence-electron chi connectivity index (χ2n) is 4.51. The summed E-state index contributed by atoms with van der Waals surface area (Å²) in [4.78, 5) is 9.84. The Morgan fingerprint density at radius 2 is 1.82 bits per heavy atom. The van der Waals surface area contributed by atoms with E-state index in [0.717, 1.165) is 6.07 Å². The first-order valence-corrected chi connectivity index (χ1v) is 6.17. The molecule has 4 nitrogen and oxygen atoms in total. The highest BCUT2D eigenvalue weighted by Gasteiger charge is 2.37. The molecule has 0 spiro atoms. The van der Waals surface area contributed by atoms with Crippen molar-refractivity contribution in [1.29, 1.82) is 0 Å². The van der Waals surface area contributed by atoms with E-state index in [1.165, 1.54) is 0 Å². The summed E-state index contributed by atoms with van der Waals surface area (Å²) in [6, 6.07) is 10.0. The second-order valence-corrected chi connectivity index (χ2v) is 4.51. The lowest BCUT2D eigenvalue weighted by molar-refractivity contribution is -0.385. The minimum atomic E-state index is -4.76. The Bertz CT molecular complexity index is 684. The fraction of sp³-hybridized carbons (Fsp3) is 0.133. The molecule has 0 unspecified atom stereocenters. The average Bonchev–Trinajstić information content (AvgIpc) is 2.44. The third-order valence-corrected chi connectivity index (χ3v) is 2.92. The zero-order valence-electron chi connectivity index (χ0n) is 11.3. The zero-order valence-corrected chi connectivity index (χ0v) is 11.3. The van der Waals surface area contributed by atoms with Gasteiger partial charge in [0.05, 0.1) is 4.92 Å². The van der Waals surface area contributed by atoms with Crippen LogP contribution in [0.3, 0.4) is 0 Å². The summed E-state index contributed by atoms with van der Waals surface area (Å²) >= 11 is 0. The third kappa shape index (κ3) is 3.55. The summed E-state index contributed by atoms with van der Waals surface area (Å²) in [5.41, 5.74) is -1.34. The summed E-state index contributed by atoms with van der Waals surface area (Å²) in [5.74, 6) is -0.480. The minimum Gasteiger partial charge on any atom is -0.488 e. The standard InChI is InChI=1S/C15H11F3NO3/c1-10-7-14(22-9-11-5-3-2-4-6-11)12(15(16,17)18)8-13(10)19(20)21/h2-8H,1,9H2. The summed E-state index contributed by atoms with van der Waals surface area (Å²) in [6.45, 7) is 3.31. The maximum Gasteiger partial charge on any atom is 0.420 e. The van der Waals surface area contributed by atoms with Gasteiger partial charge in [-0.2, -0.15) is 13.2 Å². The highest BCUT2D eigenvalue weighted by molar-refractivity contribution is 5.52. The van der Waals surface area contributed by atoms with Crippen LogP contribution in [0.1, 0.15) is 16.7 Å². The smallest absolute Gasteiger partial charge is 0.420 e. The maximum atomic E-state index is 13.0. The summed E-state index contributed by atoms with van der Waals surface area (Å²) in [6.07, 6.45) is -4.76. The molecule has 0 aliphatic rings. The Kier molecular flexibility index (Phi) is 4.35. The van der Waals surface area contributed by atoms with Crippen LogP contribution in [0.5, 0.6) is 5.75 Å². The Morgan fingerprint density at radius 1 is 1.18 bits per heavy atom. The molecule has 0 atom stereocenters. The Labute approximate surface area is 124 Å². The van der Waals surface area contributed by atoms with Gasteiger partial charge in [-0.05, 0) is 18.6 Å². The van der Waals surface area contributed by atoms with E-state index in [4.69, 9.17) is 4.74 Å². The van der Waals surface area contributed by atoms with Crippen LogP contribution in [0.2, 0.25) is 0 Å². The zero-order chi connectivity index (χ0) is 16.3. The summed E-state index contributed by atoms with van der Waals surface area (Å²) in [7, 11) is 0. The van der Waals surface area contributed by atoms with Gasteiger partial charge in [0.2, 0.25) is 0 Å². The first-order chi connectivity index (χ1) is 10.3. The van der Waals surface area contributed by atoms with Crippen LogP contribution in [0.4, 0.5) is 18.9 Å². The largest absolute Gasteiger partial charge is 0.488 e. The summed E-state index contributed by atoms with van der Waals surface area (Å²) < 4.78 is 44.3. The van der Waals surface area contributed by atoms with Crippen molar-refractivity contribution in [2.45, 2.75) is 12.8 Å². The van der Waals surface area contributed by atoms with E-state index in [9.17, 15) is 23.3 Å². The molecule has 0 fully saturated rings. The molecule has 2 rings (SSSR count). The number of nitrogens with zero attached hydrogens (tertiary/aromatic N) is 1. The van der Waals surface area contributed by atoms with Crippen LogP contribution >= 0.6 is 0 Å². The van der Waals surface area contributed by atoms with E-state index >= 15 is 0 Å². The number of nitro groups is 1. The van der Waals surface area contributed by atoms with Gasteiger partial charge in [0.25, 0.3) is 5.69 Å². The van der Waals surface area contributed by atoms with Crippen molar-refractivity contribution in [3.8, 4) is 5.75 Å². The van der Waals surface area contributed by atoms with E-state index in [1.807, 2.05) is 0 Å². The van der Waals surface area contributed by atoms with Crippen molar-refractivity contribution >= 4 is 5.69 Å². The first-order valence-electron chi connectivity index (χ1n) is 6.17. The highest BCUT2D eigenvalue weighted by atomic mass is 19.4. The molecule has 0 bridgehead atoms. The topological polar surface area (TPSA) is 52.4 Å². The molecular weight excluding hydrogens is 299 g/mol. The Hall–Kier alpha value is -2.57. The molecule has 0 heterocycles. The van der Waals surface area contributed by atoms with Crippen molar-refractivity contribution < 1.29 is 22.8 Å². The van der Waals surface area contributed by atoms with Crippen molar-refractivity contribution in [2.75, 3.05) is 0 Å². The number of hydrogen-bond donors (Lipinski definition) is 0. The number of rotatable bonds is 4. The van der Waals surface area contributed by atoms with Crippen molar-refractivity contribution in [3.63, 3.8) is 0 Å². The fourth-order valence-electron chi connectivity index (χ4n) is 1.86. The number of halogens is 3. The molecule has 0 aliphatic heterocycles. The maximum absolute atomic E-state index is 13.0. The van der Waals surface area contributed by atoms with Gasteiger partial charge in [-0.15, -0.1) is 0 Å². The van der Waals surface area contributed by atoms with Crippen LogP contribution in [-0.2, 0) is 12.8 Å². The van der Waals surface area contributed by atoms with E-state index in [1.54, 1.807) is 30.3 Å². The number of alkyl halides is 3. The van der Waals surface area contributed by atoms with Crippen molar-refractivity contribution in [1.82, 2.24) is 0 Å². The van der Waals surface area contributed by atoms with Gasteiger partial charge in [0, 0.05) is 11.6 Å². The average molecular weight is 310 g/mol. The summed E-state index contributed by atoms with van der Waals surface area (Å²) in [5, 5.41) is 10.7. The van der Waals surface area contributed by atoms with Crippen LogP contribution in [0.15, 0.2) is 42.5 Å². The molecule has 22 heavy (non-hydrogen) atoms. The monoisotopic (exact) mass is 310 g/mol. The van der Waals surface area contributed by atoms with Crippen molar-refractivity contribution in [3.05, 3.63) is 76.2 Å². The van der Waals surface area contributed by atoms with Crippen LogP contribution in [0, 0.1) is 17.0 Å². The van der Waals surface area contributed by atoms with Gasteiger partial charge in [-0.25, -0.2) is 0 Å². The SMILES string of the molecule is [CH2]c1cc(OCc2ccccc2)c(C(F)(F)F)cc1[N+](=O)[O-]. The molecule has 0 saturated carbocycles. The molecule has 7 heteroatoms. The Morgan fingerprint density at radius 3 is 2.36 bits per heavy atom. The lowest BCUT2D eigenvalue weighted by atomic mass is 10.1. The number of hydrogen-bond acceptors (Lipinski definition) is 3. The van der Waals surface area contributed by atoms with Gasteiger partial charge < -0.3 is 4.74 Å². The van der Waals surface area contributed by atoms with Gasteiger partial charge >= 0.3 is 6.18 Å². The van der Waals surface area contributed by atoms with Gasteiger partial charge in [0.1, 0.15) is 17.9 Å². The lowest BCUT2D eigenvalue weighted by Gasteiger charge is -2.15. The first kappa shape index (κ1) is 15.8. The lowest BCUT2D eigenvalue weighted by Crippen LogP contribution is -2.10. The van der Waals surface area contributed by atoms with E-state index in [-0.39, 0.29) is 12.2 Å². The third-order valence-electron chi connectivity index (χ3n) is 2.92. The van der Waals surface area contributed by atoms with Gasteiger partial charge in [-0.3, -0.25) is 10.1 Å². The molecule has 2 aromatic carbocycles. The fourth-order valence-corrected chi connectivity index (χ4v) is 1.86. The quantitative estimate of drug-likeness (QED) is 0.622. The van der Waals surface area contributed by atoms with E-state index in [0.29, 0.717) is 11.6 Å². The molecule has 0 N–H and O–H groups in total. The van der Waals surface area contributed by atoms with Crippen LogP contribution in [-0.4, -0.2) is 4.92 Å². The van der Waals surface area contributed by atoms with E-state index in [2.05, 4.69) is 6.92 Å². The minimum absolute atomic E-state index is 0.0822. The number of nitro benzene ring substituents is 1.